The van der Waals surface area contributed by atoms with Gasteiger partial charge in [-0.3, -0.25) is 0 Å². The summed E-state index contributed by atoms with van der Waals surface area (Å²) in [7, 11) is 0. The summed E-state index contributed by atoms with van der Waals surface area (Å²) in [6, 6.07) is 3.91. The summed E-state index contributed by atoms with van der Waals surface area (Å²) in [5, 5.41) is 0. The second kappa shape index (κ2) is 5.95. The van der Waals surface area contributed by atoms with Gasteiger partial charge in [0.15, 0.2) is 0 Å². The molecule has 1 rings (SSSR count). The van der Waals surface area contributed by atoms with E-state index >= 15 is 0 Å². The zero-order valence-corrected chi connectivity index (χ0v) is 11.1. The Bertz CT molecular complexity index is 544. The Hall–Kier alpha value is -2.18. The predicted octanol–water partition coefficient (Wildman–Crippen LogP) is 4.02. The monoisotopic (exact) mass is 240 g/mol. The maximum absolute atomic E-state index is 6.09. The molecule has 0 aliphatic heterocycles. The van der Waals surface area contributed by atoms with Gasteiger partial charge in [-0.15, -0.1) is 5.73 Å². The van der Waals surface area contributed by atoms with Crippen LogP contribution in [0.15, 0.2) is 42.7 Å². The second-order valence-electron chi connectivity index (χ2n) is 4.32. The fourth-order valence-corrected chi connectivity index (χ4v) is 1.80. The first-order valence-electron chi connectivity index (χ1n) is 5.85. The van der Waals surface area contributed by atoms with Gasteiger partial charge in [-0.2, -0.15) is 0 Å². The molecule has 1 aromatic rings. The van der Waals surface area contributed by atoms with Crippen LogP contribution >= 0.6 is 0 Å². The van der Waals surface area contributed by atoms with Gasteiger partial charge in [-0.1, -0.05) is 43.0 Å². The quantitative estimate of drug-likeness (QED) is 0.474. The highest BCUT2D eigenvalue weighted by molar-refractivity contribution is 5.87. The highest BCUT2D eigenvalue weighted by atomic mass is 14.7. The van der Waals surface area contributed by atoms with E-state index in [-0.39, 0.29) is 0 Å². The number of rotatable bonds is 4. The van der Waals surface area contributed by atoms with Crippen molar-refractivity contribution in [1.29, 1.82) is 0 Å². The maximum Gasteiger partial charge on any atom is 0.0636 e. The third-order valence-electron chi connectivity index (χ3n) is 2.68. The van der Waals surface area contributed by atoms with Crippen LogP contribution in [0.3, 0.4) is 0 Å². The highest BCUT2D eigenvalue weighted by Crippen LogP contribution is 2.32. The van der Waals surface area contributed by atoms with Crippen molar-refractivity contribution in [3.63, 3.8) is 0 Å². The molecule has 18 heavy (non-hydrogen) atoms. The van der Waals surface area contributed by atoms with Crippen molar-refractivity contribution in [1.82, 2.24) is 0 Å². The van der Waals surface area contributed by atoms with Gasteiger partial charge in [-0.05, 0) is 19.4 Å². The fourth-order valence-electron chi connectivity index (χ4n) is 1.80. The Balaban J connectivity index is 3.31. The van der Waals surface area contributed by atoms with Crippen molar-refractivity contribution >= 4 is 23.0 Å². The normalized spacial score (nSPS) is 10.3. The predicted molar refractivity (Wildman–Crippen MR) is 82.0 cm³/mol. The van der Waals surface area contributed by atoms with Gasteiger partial charge in [-0.25, -0.2) is 0 Å². The van der Waals surface area contributed by atoms with E-state index in [0.29, 0.717) is 17.8 Å². The molecule has 0 aliphatic rings. The van der Waals surface area contributed by atoms with Crippen LogP contribution in [0.5, 0.6) is 0 Å². The van der Waals surface area contributed by atoms with Crippen LogP contribution in [-0.4, -0.2) is 0 Å². The lowest BCUT2D eigenvalue weighted by molar-refractivity contribution is 1.24. The zero-order valence-electron chi connectivity index (χ0n) is 11.1. The van der Waals surface area contributed by atoms with Crippen LogP contribution in [-0.2, 0) is 0 Å². The van der Waals surface area contributed by atoms with Crippen LogP contribution in [0.1, 0.15) is 31.4 Å². The first kappa shape index (κ1) is 13.9. The van der Waals surface area contributed by atoms with Crippen molar-refractivity contribution in [3.05, 3.63) is 53.8 Å². The van der Waals surface area contributed by atoms with E-state index in [9.17, 15) is 0 Å². The summed E-state index contributed by atoms with van der Waals surface area (Å²) in [6.07, 6.45) is 4.57. The maximum atomic E-state index is 6.09. The second-order valence-corrected chi connectivity index (χ2v) is 4.32. The Morgan fingerprint density at radius 1 is 1.33 bits per heavy atom. The molecule has 0 spiro atoms. The van der Waals surface area contributed by atoms with E-state index in [1.165, 1.54) is 0 Å². The van der Waals surface area contributed by atoms with Gasteiger partial charge in [0.2, 0.25) is 0 Å². The van der Waals surface area contributed by atoms with Crippen LogP contribution in [0.4, 0.5) is 11.4 Å². The van der Waals surface area contributed by atoms with Gasteiger partial charge >= 0.3 is 0 Å². The average molecular weight is 240 g/mol. The number of anilines is 2. The Morgan fingerprint density at radius 2 is 2.00 bits per heavy atom. The number of nitrogen functional groups attached to an aromatic ring is 2. The number of benzene rings is 1. The molecule has 0 amide bonds. The van der Waals surface area contributed by atoms with Crippen LogP contribution in [0.25, 0.3) is 11.6 Å². The van der Waals surface area contributed by atoms with Crippen LogP contribution < -0.4 is 11.5 Å². The van der Waals surface area contributed by atoms with Crippen molar-refractivity contribution in [2.24, 2.45) is 0 Å². The zero-order chi connectivity index (χ0) is 13.7. The average Bonchev–Trinajstić information content (AvgIpc) is 2.33. The van der Waals surface area contributed by atoms with E-state index in [0.717, 1.165) is 22.3 Å². The molecule has 0 heterocycles. The van der Waals surface area contributed by atoms with Gasteiger partial charge < -0.3 is 11.5 Å². The van der Waals surface area contributed by atoms with E-state index in [4.69, 9.17) is 11.5 Å². The van der Waals surface area contributed by atoms with E-state index in [1.807, 2.05) is 38.1 Å². The summed E-state index contributed by atoms with van der Waals surface area (Å²) < 4.78 is 0. The lowest BCUT2D eigenvalue weighted by Crippen LogP contribution is -2.01. The Kier molecular flexibility index (Phi) is 4.59. The standard InChI is InChI=1S/C16H20N2/c1-5-7-13-8-9-14(16(18)15(13)17)12(6-2)10-11(3)4/h5,7-9H,2-3,10,17-18H2,1,4H3/b7-5+. The third-order valence-corrected chi connectivity index (χ3v) is 2.68. The minimum absolute atomic E-state index is 0.581. The molecule has 0 aromatic heterocycles. The van der Waals surface area contributed by atoms with Crippen molar-refractivity contribution in [2.75, 3.05) is 11.5 Å². The van der Waals surface area contributed by atoms with Crippen molar-refractivity contribution in [3.8, 4) is 0 Å². The summed E-state index contributed by atoms with van der Waals surface area (Å²) in [6.45, 7) is 11.5. The molecule has 0 saturated carbocycles. The lowest BCUT2D eigenvalue weighted by Gasteiger charge is -2.12. The topological polar surface area (TPSA) is 52.0 Å². The molecule has 0 aliphatic carbocycles. The number of hydrogen-bond acceptors (Lipinski definition) is 2. The lowest BCUT2D eigenvalue weighted by atomic mass is 9.96. The van der Waals surface area contributed by atoms with Gasteiger partial charge in [0.1, 0.15) is 0 Å². The SMILES string of the molecule is C=C=C(CC(=C)C)c1ccc(/C=C/C)c(N)c1N. The molecular formula is C16H20N2. The Labute approximate surface area is 109 Å². The summed E-state index contributed by atoms with van der Waals surface area (Å²) in [5.74, 6) is 0. The third kappa shape index (κ3) is 2.93. The largest absolute Gasteiger partial charge is 0.397 e. The van der Waals surface area contributed by atoms with Crippen molar-refractivity contribution in [2.45, 2.75) is 20.3 Å². The molecule has 4 N–H and O–H groups in total. The summed E-state index contributed by atoms with van der Waals surface area (Å²) in [4.78, 5) is 0. The highest BCUT2D eigenvalue weighted by Gasteiger charge is 2.10. The molecule has 0 saturated heterocycles. The van der Waals surface area contributed by atoms with Gasteiger partial charge in [0.05, 0.1) is 11.4 Å². The first-order valence-corrected chi connectivity index (χ1v) is 5.85. The van der Waals surface area contributed by atoms with Gasteiger partial charge in [0.25, 0.3) is 0 Å². The summed E-state index contributed by atoms with van der Waals surface area (Å²) >= 11 is 0. The minimum Gasteiger partial charge on any atom is -0.397 e. The van der Waals surface area contributed by atoms with Crippen LogP contribution in [0.2, 0.25) is 0 Å². The van der Waals surface area contributed by atoms with Crippen molar-refractivity contribution < 1.29 is 0 Å². The van der Waals surface area contributed by atoms with Crippen LogP contribution in [0, 0.1) is 0 Å². The molecule has 2 nitrogen and oxygen atoms in total. The Morgan fingerprint density at radius 3 is 2.50 bits per heavy atom. The fraction of sp³-hybridized carbons (Fsp3) is 0.188. The molecule has 0 bridgehead atoms. The smallest absolute Gasteiger partial charge is 0.0636 e. The van der Waals surface area contributed by atoms with Gasteiger partial charge in [0, 0.05) is 17.6 Å². The molecule has 0 unspecified atom stereocenters. The number of allylic oxidation sites excluding steroid dienone is 3. The number of hydrogen-bond donors (Lipinski definition) is 2. The molecular weight excluding hydrogens is 220 g/mol. The molecule has 1 aromatic carbocycles. The number of nitrogens with two attached hydrogens (primary N) is 2. The van der Waals surface area contributed by atoms with E-state index in [1.54, 1.807) is 0 Å². The molecule has 2 heteroatoms. The first-order chi connectivity index (χ1) is 8.51. The van der Waals surface area contributed by atoms with E-state index in [2.05, 4.69) is 18.9 Å². The summed E-state index contributed by atoms with van der Waals surface area (Å²) in [5.41, 5.74) is 20.0. The molecule has 0 fully saturated rings. The molecule has 0 atom stereocenters. The van der Waals surface area contributed by atoms with E-state index < -0.39 is 0 Å². The minimum atomic E-state index is 0.581. The molecule has 0 radical (unpaired) electrons. The molecule has 94 valence electrons.